The summed E-state index contributed by atoms with van der Waals surface area (Å²) in [5.41, 5.74) is 1.34. The second kappa shape index (κ2) is 4.15. The molecule has 0 aliphatic carbocycles. The van der Waals surface area contributed by atoms with Crippen molar-refractivity contribution >= 4 is 0 Å². The fourth-order valence-corrected chi connectivity index (χ4v) is 3.04. The molecule has 2 saturated heterocycles. The molecular formula is C13H19N3. The molecule has 0 aromatic carbocycles. The van der Waals surface area contributed by atoms with Gasteiger partial charge in [0.2, 0.25) is 0 Å². The Morgan fingerprint density at radius 2 is 2.12 bits per heavy atom. The summed E-state index contributed by atoms with van der Waals surface area (Å²) in [6.07, 6.45) is 3.84. The third kappa shape index (κ3) is 1.74. The van der Waals surface area contributed by atoms with Crippen LogP contribution in [-0.2, 0) is 0 Å². The van der Waals surface area contributed by atoms with Crippen molar-refractivity contribution in [1.82, 2.24) is 15.2 Å². The first-order valence-electron chi connectivity index (χ1n) is 6.19. The first kappa shape index (κ1) is 10.2. The van der Waals surface area contributed by atoms with Gasteiger partial charge in [-0.15, -0.1) is 0 Å². The molecule has 1 unspecified atom stereocenters. The molecular weight excluding hydrogens is 198 g/mol. The van der Waals surface area contributed by atoms with Crippen LogP contribution in [0.1, 0.15) is 18.5 Å². The molecule has 1 N–H and O–H groups in total. The lowest BCUT2D eigenvalue weighted by Crippen LogP contribution is -2.28. The van der Waals surface area contributed by atoms with E-state index in [0.29, 0.717) is 6.04 Å². The van der Waals surface area contributed by atoms with Gasteiger partial charge in [0, 0.05) is 31.5 Å². The predicted molar refractivity (Wildman–Crippen MR) is 64.1 cm³/mol. The summed E-state index contributed by atoms with van der Waals surface area (Å²) < 4.78 is 0. The minimum absolute atomic E-state index is 0.513. The predicted octanol–water partition coefficient (Wildman–Crippen LogP) is 1.29. The topological polar surface area (TPSA) is 28.2 Å². The van der Waals surface area contributed by atoms with E-state index in [2.05, 4.69) is 28.2 Å². The third-order valence-electron chi connectivity index (χ3n) is 4.13. The first-order valence-corrected chi connectivity index (χ1v) is 6.19. The lowest BCUT2D eigenvalue weighted by molar-refractivity contribution is 0.243. The van der Waals surface area contributed by atoms with Crippen LogP contribution in [0.5, 0.6) is 0 Å². The van der Waals surface area contributed by atoms with Crippen LogP contribution in [-0.4, -0.2) is 36.1 Å². The van der Waals surface area contributed by atoms with Crippen LogP contribution < -0.4 is 5.32 Å². The van der Waals surface area contributed by atoms with Crippen LogP contribution in [0, 0.1) is 11.8 Å². The van der Waals surface area contributed by atoms with Gasteiger partial charge in [-0.1, -0.05) is 6.07 Å². The van der Waals surface area contributed by atoms with Crippen molar-refractivity contribution in [2.45, 2.75) is 13.0 Å². The summed E-state index contributed by atoms with van der Waals surface area (Å²) in [4.78, 5) is 6.81. The molecule has 3 nitrogen and oxygen atoms in total. The Labute approximate surface area is 96.9 Å². The highest BCUT2D eigenvalue weighted by Crippen LogP contribution is 2.32. The van der Waals surface area contributed by atoms with Crippen molar-refractivity contribution in [3.05, 3.63) is 30.1 Å². The van der Waals surface area contributed by atoms with Crippen LogP contribution in [0.4, 0.5) is 0 Å². The summed E-state index contributed by atoms with van der Waals surface area (Å²) in [5, 5.41) is 3.48. The largest absolute Gasteiger partial charge is 0.316 e. The van der Waals surface area contributed by atoms with Crippen molar-refractivity contribution in [2.24, 2.45) is 11.8 Å². The zero-order valence-electron chi connectivity index (χ0n) is 9.76. The maximum atomic E-state index is 4.21. The van der Waals surface area contributed by atoms with Crippen LogP contribution in [0.15, 0.2) is 24.5 Å². The second-order valence-corrected chi connectivity index (χ2v) is 5.09. The number of pyridine rings is 1. The molecule has 3 heterocycles. The number of fused-ring (bicyclic) bond motifs is 1. The normalized spacial score (nSPS) is 31.6. The molecule has 1 aromatic rings. The molecule has 3 rings (SSSR count). The summed E-state index contributed by atoms with van der Waals surface area (Å²) >= 11 is 0. The summed E-state index contributed by atoms with van der Waals surface area (Å²) in [6, 6.07) is 4.73. The average molecular weight is 217 g/mol. The number of hydrogen-bond donors (Lipinski definition) is 1. The Morgan fingerprint density at radius 1 is 1.38 bits per heavy atom. The van der Waals surface area contributed by atoms with E-state index in [0.717, 1.165) is 11.8 Å². The molecule has 1 aromatic heterocycles. The number of rotatable bonds is 2. The molecule has 0 radical (unpaired) electrons. The molecule has 86 valence electrons. The summed E-state index contributed by atoms with van der Waals surface area (Å²) in [7, 11) is 0. The quantitative estimate of drug-likeness (QED) is 0.809. The molecule has 2 aliphatic rings. The Hall–Kier alpha value is -0.930. The highest BCUT2D eigenvalue weighted by molar-refractivity contribution is 5.14. The molecule has 0 spiro atoms. The zero-order valence-corrected chi connectivity index (χ0v) is 9.76. The van der Waals surface area contributed by atoms with Crippen molar-refractivity contribution < 1.29 is 0 Å². The van der Waals surface area contributed by atoms with Gasteiger partial charge in [-0.25, -0.2) is 0 Å². The Kier molecular flexibility index (Phi) is 2.65. The number of hydrogen-bond acceptors (Lipinski definition) is 3. The van der Waals surface area contributed by atoms with Gasteiger partial charge in [0.05, 0.1) is 0 Å². The van der Waals surface area contributed by atoms with Crippen molar-refractivity contribution in [2.75, 3.05) is 26.2 Å². The average Bonchev–Trinajstić information content (AvgIpc) is 2.89. The van der Waals surface area contributed by atoms with Gasteiger partial charge >= 0.3 is 0 Å². The zero-order chi connectivity index (χ0) is 11.0. The second-order valence-electron chi connectivity index (χ2n) is 5.09. The van der Waals surface area contributed by atoms with Gasteiger partial charge < -0.3 is 5.32 Å². The van der Waals surface area contributed by atoms with E-state index in [1.165, 1.54) is 31.7 Å². The number of aromatic nitrogens is 1. The maximum absolute atomic E-state index is 4.21. The van der Waals surface area contributed by atoms with Gasteiger partial charge in [0.15, 0.2) is 0 Å². The Morgan fingerprint density at radius 3 is 2.75 bits per heavy atom. The molecule has 0 bridgehead atoms. The van der Waals surface area contributed by atoms with E-state index in [9.17, 15) is 0 Å². The van der Waals surface area contributed by atoms with Crippen LogP contribution in [0.2, 0.25) is 0 Å². The standard InChI is InChI=1S/C13H19N3/c1-10(11-3-2-4-14-5-11)16-8-12-6-15-7-13(12)9-16/h2-5,10,12-13,15H,6-9H2,1H3/t10?,12-,13+. The highest BCUT2D eigenvalue weighted by atomic mass is 15.2. The van der Waals surface area contributed by atoms with Crippen LogP contribution in [0.25, 0.3) is 0 Å². The lowest BCUT2D eigenvalue weighted by atomic mass is 10.0. The van der Waals surface area contributed by atoms with Crippen LogP contribution in [0.3, 0.4) is 0 Å². The fourth-order valence-electron chi connectivity index (χ4n) is 3.04. The van der Waals surface area contributed by atoms with E-state index >= 15 is 0 Å². The molecule has 16 heavy (non-hydrogen) atoms. The van der Waals surface area contributed by atoms with E-state index in [4.69, 9.17) is 0 Å². The SMILES string of the molecule is CC(c1cccnc1)N1C[C@H]2CNC[C@H]2C1. The first-order chi connectivity index (χ1) is 7.84. The van der Waals surface area contributed by atoms with Gasteiger partial charge in [-0.3, -0.25) is 9.88 Å². The van der Waals surface area contributed by atoms with Crippen molar-refractivity contribution in [3.63, 3.8) is 0 Å². The molecule has 2 aliphatic heterocycles. The van der Waals surface area contributed by atoms with Gasteiger partial charge in [-0.05, 0) is 43.5 Å². The smallest absolute Gasteiger partial charge is 0.0335 e. The Bertz CT molecular complexity index is 339. The molecule has 0 saturated carbocycles. The Balaban J connectivity index is 1.71. The molecule has 0 amide bonds. The minimum Gasteiger partial charge on any atom is -0.316 e. The lowest BCUT2D eigenvalue weighted by Gasteiger charge is -2.25. The molecule has 2 fully saturated rings. The number of nitrogens with zero attached hydrogens (tertiary/aromatic N) is 2. The van der Waals surface area contributed by atoms with Crippen LogP contribution >= 0.6 is 0 Å². The third-order valence-corrected chi connectivity index (χ3v) is 4.13. The van der Waals surface area contributed by atoms with Gasteiger partial charge in [0.25, 0.3) is 0 Å². The summed E-state index contributed by atoms with van der Waals surface area (Å²) in [6.45, 7) is 7.20. The molecule has 3 heteroatoms. The van der Waals surface area contributed by atoms with Gasteiger partial charge in [-0.2, -0.15) is 0 Å². The van der Waals surface area contributed by atoms with Gasteiger partial charge in [0.1, 0.15) is 0 Å². The van der Waals surface area contributed by atoms with E-state index in [1.54, 1.807) is 0 Å². The highest BCUT2D eigenvalue weighted by Gasteiger charge is 2.37. The van der Waals surface area contributed by atoms with E-state index < -0.39 is 0 Å². The van der Waals surface area contributed by atoms with E-state index in [-0.39, 0.29) is 0 Å². The monoisotopic (exact) mass is 217 g/mol. The number of likely N-dealkylation sites (tertiary alicyclic amines) is 1. The molecule has 3 atom stereocenters. The summed E-state index contributed by atoms with van der Waals surface area (Å²) in [5.74, 6) is 1.75. The maximum Gasteiger partial charge on any atom is 0.0335 e. The fraction of sp³-hybridized carbons (Fsp3) is 0.615. The van der Waals surface area contributed by atoms with Crippen molar-refractivity contribution in [3.8, 4) is 0 Å². The number of nitrogens with one attached hydrogen (secondary N) is 1. The van der Waals surface area contributed by atoms with E-state index in [1.807, 2.05) is 18.5 Å². The van der Waals surface area contributed by atoms with Crippen molar-refractivity contribution in [1.29, 1.82) is 0 Å². The minimum atomic E-state index is 0.513.